The second kappa shape index (κ2) is 7.99. The molecule has 1 amide bonds. The van der Waals surface area contributed by atoms with Gasteiger partial charge in [-0.25, -0.2) is 0 Å². The molecule has 1 N–H and O–H groups in total. The first-order valence-electron chi connectivity index (χ1n) is 8.43. The number of nitrogens with zero attached hydrogens (tertiary/aromatic N) is 1. The molecule has 138 valence electrons. The Hall–Kier alpha value is -2.22. The van der Waals surface area contributed by atoms with E-state index in [2.05, 4.69) is 0 Å². The Morgan fingerprint density at radius 3 is 2.23 bits per heavy atom. The van der Waals surface area contributed by atoms with Gasteiger partial charge in [-0.15, -0.1) is 0 Å². The van der Waals surface area contributed by atoms with Crippen LogP contribution in [0.15, 0.2) is 59.5 Å². The van der Waals surface area contributed by atoms with Gasteiger partial charge in [0.2, 0.25) is 5.91 Å². The van der Waals surface area contributed by atoms with Gasteiger partial charge in [0, 0.05) is 13.1 Å². The molecule has 0 bridgehead atoms. The van der Waals surface area contributed by atoms with Gasteiger partial charge in [0.1, 0.15) is 0 Å². The molecule has 0 aromatic heterocycles. The van der Waals surface area contributed by atoms with Gasteiger partial charge >= 0.3 is 0 Å². The lowest BCUT2D eigenvalue weighted by molar-refractivity contribution is -0.136. The summed E-state index contributed by atoms with van der Waals surface area (Å²) in [5.74, 6) is -0.316. The maximum Gasteiger partial charge on any atom is 0.294 e. The third-order valence-corrected chi connectivity index (χ3v) is 5.35. The smallest absolute Gasteiger partial charge is 0.294 e. The minimum Gasteiger partial charge on any atom is -0.378 e. The third kappa shape index (κ3) is 4.49. The molecule has 1 saturated heterocycles. The van der Waals surface area contributed by atoms with Crippen LogP contribution < -0.4 is 0 Å². The zero-order chi connectivity index (χ0) is 18.6. The molecule has 1 heterocycles. The number of amides is 1. The molecule has 6 nitrogen and oxygen atoms in total. The van der Waals surface area contributed by atoms with E-state index in [0.29, 0.717) is 32.7 Å². The fourth-order valence-corrected chi connectivity index (χ4v) is 3.55. The monoisotopic (exact) mass is 375 g/mol. The average molecular weight is 375 g/mol. The van der Waals surface area contributed by atoms with E-state index in [-0.39, 0.29) is 16.7 Å². The van der Waals surface area contributed by atoms with Gasteiger partial charge in [0.05, 0.1) is 24.0 Å². The maximum absolute atomic E-state index is 13.1. The summed E-state index contributed by atoms with van der Waals surface area (Å²) >= 11 is 0. The van der Waals surface area contributed by atoms with Crippen LogP contribution in [0.4, 0.5) is 0 Å². The van der Waals surface area contributed by atoms with Crippen LogP contribution in [0.25, 0.3) is 0 Å². The highest BCUT2D eigenvalue weighted by Crippen LogP contribution is 2.25. The van der Waals surface area contributed by atoms with Crippen molar-refractivity contribution in [2.24, 2.45) is 0 Å². The Labute approximate surface area is 153 Å². The second-order valence-corrected chi connectivity index (χ2v) is 7.65. The first-order valence-corrected chi connectivity index (χ1v) is 9.87. The van der Waals surface area contributed by atoms with Crippen LogP contribution in [0.5, 0.6) is 0 Å². The van der Waals surface area contributed by atoms with E-state index in [0.717, 1.165) is 11.1 Å². The van der Waals surface area contributed by atoms with E-state index >= 15 is 0 Å². The van der Waals surface area contributed by atoms with Crippen LogP contribution >= 0.6 is 0 Å². The van der Waals surface area contributed by atoms with E-state index in [4.69, 9.17) is 9.29 Å². The Balaban J connectivity index is 1.85. The Morgan fingerprint density at radius 1 is 1.04 bits per heavy atom. The fourth-order valence-electron chi connectivity index (χ4n) is 3.07. The van der Waals surface area contributed by atoms with Crippen molar-refractivity contribution in [2.75, 3.05) is 26.3 Å². The number of rotatable bonds is 5. The van der Waals surface area contributed by atoms with E-state index in [1.54, 1.807) is 12.1 Å². The van der Waals surface area contributed by atoms with Crippen molar-refractivity contribution in [2.45, 2.75) is 17.2 Å². The molecule has 2 aromatic rings. The summed E-state index contributed by atoms with van der Waals surface area (Å²) < 4.78 is 36.8. The van der Waals surface area contributed by atoms with Crippen molar-refractivity contribution >= 4 is 16.0 Å². The summed E-state index contributed by atoms with van der Waals surface area (Å²) in [4.78, 5) is 14.7. The fraction of sp³-hybridized carbons (Fsp3) is 0.316. The summed E-state index contributed by atoms with van der Waals surface area (Å²) in [6, 6.07) is 15.5. The number of morpholine rings is 1. The summed E-state index contributed by atoms with van der Waals surface area (Å²) in [6.45, 7) is 2.22. The minimum atomic E-state index is -4.22. The van der Waals surface area contributed by atoms with Gasteiger partial charge in [-0.2, -0.15) is 8.42 Å². The molecule has 0 radical (unpaired) electrons. The van der Waals surface area contributed by atoms with Crippen molar-refractivity contribution in [1.29, 1.82) is 0 Å². The van der Waals surface area contributed by atoms with Gasteiger partial charge in [-0.3, -0.25) is 9.35 Å². The molecule has 1 fully saturated rings. The van der Waals surface area contributed by atoms with Crippen molar-refractivity contribution in [3.8, 4) is 0 Å². The summed E-state index contributed by atoms with van der Waals surface area (Å²) in [5, 5.41) is 0. The molecule has 1 aliphatic rings. The van der Waals surface area contributed by atoms with Crippen LogP contribution in [-0.2, 0) is 26.1 Å². The van der Waals surface area contributed by atoms with Crippen molar-refractivity contribution in [3.05, 3.63) is 65.7 Å². The Bertz CT molecular complexity index is 843. The standard InChI is InChI=1S/C19H21NO5S/c21-19(20-10-12-25-13-11-20)18(16-4-2-1-3-5-16)14-15-6-8-17(9-7-15)26(22,23)24/h1-9,18H,10-14H2,(H,22,23,24)/t18-/m1/s1. The number of benzene rings is 2. The van der Waals surface area contributed by atoms with E-state index in [1.807, 2.05) is 35.2 Å². The lowest BCUT2D eigenvalue weighted by Gasteiger charge is -2.30. The van der Waals surface area contributed by atoms with Crippen LogP contribution in [0.3, 0.4) is 0 Å². The predicted molar refractivity (Wildman–Crippen MR) is 96.5 cm³/mol. The third-order valence-electron chi connectivity index (χ3n) is 4.48. The average Bonchev–Trinajstić information content (AvgIpc) is 2.66. The molecule has 0 spiro atoms. The Morgan fingerprint density at radius 2 is 1.65 bits per heavy atom. The zero-order valence-corrected chi connectivity index (χ0v) is 15.1. The van der Waals surface area contributed by atoms with Crippen LogP contribution in [0, 0.1) is 0 Å². The highest BCUT2D eigenvalue weighted by molar-refractivity contribution is 7.85. The first kappa shape index (κ1) is 18.6. The number of hydrogen-bond donors (Lipinski definition) is 1. The topological polar surface area (TPSA) is 83.9 Å². The molecule has 0 unspecified atom stereocenters. The molecule has 2 aromatic carbocycles. The summed E-state index contributed by atoms with van der Waals surface area (Å²) in [7, 11) is -4.22. The number of hydrogen-bond acceptors (Lipinski definition) is 4. The Kier molecular flexibility index (Phi) is 5.70. The zero-order valence-electron chi connectivity index (χ0n) is 14.2. The largest absolute Gasteiger partial charge is 0.378 e. The molecular weight excluding hydrogens is 354 g/mol. The lowest BCUT2D eigenvalue weighted by Crippen LogP contribution is -2.43. The van der Waals surface area contributed by atoms with Crippen molar-refractivity contribution in [3.63, 3.8) is 0 Å². The molecule has 7 heteroatoms. The second-order valence-electron chi connectivity index (χ2n) is 6.22. The van der Waals surface area contributed by atoms with Gasteiger partial charge < -0.3 is 9.64 Å². The molecule has 0 aliphatic carbocycles. The van der Waals surface area contributed by atoms with Crippen molar-refractivity contribution in [1.82, 2.24) is 4.90 Å². The first-order chi connectivity index (χ1) is 12.4. The molecular formula is C19H21NO5S. The molecule has 3 rings (SSSR count). The number of carbonyl (C=O) groups is 1. The maximum atomic E-state index is 13.1. The molecule has 1 aliphatic heterocycles. The highest BCUT2D eigenvalue weighted by Gasteiger charge is 2.27. The predicted octanol–water partition coefficient (Wildman–Crippen LogP) is 2.12. The molecule has 1 atom stereocenters. The molecule has 26 heavy (non-hydrogen) atoms. The van der Waals surface area contributed by atoms with Gasteiger partial charge in [-0.1, -0.05) is 42.5 Å². The van der Waals surface area contributed by atoms with Gasteiger partial charge in [0.15, 0.2) is 0 Å². The SMILES string of the molecule is O=C([C@H](Cc1ccc(S(=O)(=O)O)cc1)c1ccccc1)N1CCOCC1. The summed E-state index contributed by atoms with van der Waals surface area (Å²) in [5.41, 5.74) is 1.75. The van der Waals surface area contributed by atoms with Crippen LogP contribution in [0.2, 0.25) is 0 Å². The number of carbonyl (C=O) groups excluding carboxylic acids is 1. The number of ether oxygens (including phenoxy) is 1. The quantitative estimate of drug-likeness (QED) is 0.810. The normalized spacial score (nSPS) is 16.3. The van der Waals surface area contributed by atoms with Crippen LogP contribution in [0.1, 0.15) is 17.0 Å². The van der Waals surface area contributed by atoms with Gasteiger partial charge in [0.25, 0.3) is 10.1 Å². The van der Waals surface area contributed by atoms with Crippen molar-refractivity contribution < 1.29 is 22.5 Å². The lowest BCUT2D eigenvalue weighted by atomic mass is 9.90. The van der Waals surface area contributed by atoms with Crippen LogP contribution in [-0.4, -0.2) is 50.1 Å². The summed E-state index contributed by atoms with van der Waals surface area (Å²) in [6.07, 6.45) is 0.450. The van der Waals surface area contributed by atoms with E-state index < -0.39 is 10.1 Å². The minimum absolute atomic E-state index is 0.0401. The molecule has 0 saturated carbocycles. The van der Waals surface area contributed by atoms with E-state index in [1.165, 1.54) is 12.1 Å². The highest BCUT2D eigenvalue weighted by atomic mass is 32.2. The van der Waals surface area contributed by atoms with Gasteiger partial charge in [-0.05, 0) is 29.7 Å². The van der Waals surface area contributed by atoms with E-state index in [9.17, 15) is 13.2 Å².